The van der Waals surface area contributed by atoms with E-state index in [0.717, 1.165) is 0 Å². The van der Waals surface area contributed by atoms with Gasteiger partial charge in [-0.15, -0.1) is 0 Å². The Morgan fingerprint density at radius 2 is 2.25 bits per heavy atom. The fourth-order valence-corrected chi connectivity index (χ4v) is 0.674. The lowest BCUT2D eigenvalue weighted by atomic mass is 10.1. The van der Waals surface area contributed by atoms with Crippen molar-refractivity contribution in [3.05, 3.63) is 36.0 Å². The van der Waals surface area contributed by atoms with Gasteiger partial charge in [0.2, 0.25) is 0 Å². The molecule has 0 saturated carbocycles. The largest absolute Gasteiger partial charge is 0.478 e. The minimum absolute atomic E-state index is 0.0324. The van der Waals surface area contributed by atoms with Gasteiger partial charge in [-0.2, -0.15) is 5.26 Å². The molecule has 0 aromatic heterocycles. The van der Waals surface area contributed by atoms with Gasteiger partial charge in [-0.3, -0.25) is 0 Å². The van der Waals surface area contributed by atoms with Crippen LogP contribution in [0.25, 0.3) is 0 Å². The van der Waals surface area contributed by atoms with Crippen molar-refractivity contribution >= 4 is 5.97 Å². The molecule has 0 aliphatic carbocycles. The van der Waals surface area contributed by atoms with E-state index in [1.54, 1.807) is 13.0 Å². The highest BCUT2D eigenvalue weighted by Gasteiger charge is 2.10. The number of carboxylic acids is 1. The zero-order valence-corrected chi connectivity index (χ0v) is 6.74. The average molecular weight is 163 g/mol. The molecule has 0 rings (SSSR count). The highest BCUT2D eigenvalue weighted by atomic mass is 16.4. The molecule has 0 aliphatic rings. The highest BCUT2D eigenvalue weighted by Crippen LogP contribution is 2.08. The van der Waals surface area contributed by atoms with Gasteiger partial charge in [0.1, 0.15) is 0 Å². The fraction of sp³-hybridized carbons (Fsp3) is 0.111. The Morgan fingerprint density at radius 1 is 1.67 bits per heavy atom. The standard InChI is InChI=1S/C9H9NO2/c1-3-5-8(9(11)12)7(4-2)6-10/h3-5H,1H2,2H3,(H,11,12). The number of allylic oxidation sites excluding steroid dienone is 3. The maximum absolute atomic E-state index is 10.5. The van der Waals surface area contributed by atoms with Gasteiger partial charge in [0.15, 0.2) is 0 Å². The number of aliphatic carboxylic acids is 1. The molecule has 1 N–H and O–H groups in total. The predicted molar refractivity (Wildman–Crippen MR) is 45.3 cm³/mol. The van der Waals surface area contributed by atoms with Crippen LogP contribution in [0.2, 0.25) is 0 Å². The van der Waals surface area contributed by atoms with Crippen LogP contribution in [0.1, 0.15) is 6.92 Å². The van der Waals surface area contributed by atoms with Crippen molar-refractivity contribution in [3.8, 4) is 6.07 Å². The van der Waals surface area contributed by atoms with Crippen LogP contribution < -0.4 is 0 Å². The Labute approximate surface area is 70.9 Å². The summed E-state index contributed by atoms with van der Waals surface area (Å²) < 4.78 is 0. The summed E-state index contributed by atoms with van der Waals surface area (Å²) >= 11 is 0. The van der Waals surface area contributed by atoms with E-state index in [-0.39, 0.29) is 11.1 Å². The molecule has 12 heavy (non-hydrogen) atoms. The fourth-order valence-electron chi connectivity index (χ4n) is 0.674. The smallest absolute Gasteiger partial charge is 0.337 e. The van der Waals surface area contributed by atoms with Crippen molar-refractivity contribution in [2.24, 2.45) is 0 Å². The number of nitriles is 1. The zero-order valence-electron chi connectivity index (χ0n) is 6.74. The first-order valence-electron chi connectivity index (χ1n) is 3.30. The first-order chi connectivity index (χ1) is 5.67. The normalized spacial score (nSPS) is 12.0. The molecule has 0 aromatic rings. The van der Waals surface area contributed by atoms with Crippen LogP contribution >= 0.6 is 0 Å². The molecule has 0 aromatic carbocycles. The van der Waals surface area contributed by atoms with Gasteiger partial charge in [-0.25, -0.2) is 4.79 Å². The minimum atomic E-state index is -1.12. The van der Waals surface area contributed by atoms with E-state index in [4.69, 9.17) is 10.4 Å². The van der Waals surface area contributed by atoms with Gasteiger partial charge in [0.25, 0.3) is 0 Å². The molecule has 0 radical (unpaired) electrons. The van der Waals surface area contributed by atoms with Crippen molar-refractivity contribution in [3.63, 3.8) is 0 Å². The summed E-state index contributed by atoms with van der Waals surface area (Å²) in [6, 6.07) is 1.78. The molecule has 0 heterocycles. The second kappa shape index (κ2) is 4.91. The second-order valence-corrected chi connectivity index (χ2v) is 1.94. The van der Waals surface area contributed by atoms with Crippen molar-refractivity contribution in [1.82, 2.24) is 0 Å². The molecule has 0 spiro atoms. The summed E-state index contributed by atoms with van der Waals surface area (Å²) in [6.45, 7) is 4.97. The predicted octanol–water partition coefficient (Wildman–Crippen LogP) is 1.65. The Hall–Kier alpha value is -1.82. The van der Waals surface area contributed by atoms with Gasteiger partial charge in [0.05, 0.1) is 17.2 Å². The monoisotopic (exact) mass is 163 g/mol. The van der Waals surface area contributed by atoms with E-state index in [0.29, 0.717) is 0 Å². The Bertz CT molecular complexity index is 292. The molecular formula is C9H9NO2. The van der Waals surface area contributed by atoms with E-state index in [1.807, 2.05) is 0 Å². The van der Waals surface area contributed by atoms with Gasteiger partial charge < -0.3 is 5.11 Å². The molecule has 0 saturated heterocycles. The van der Waals surface area contributed by atoms with E-state index < -0.39 is 5.97 Å². The third kappa shape index (κ3) is 2.43. The summed E-state index contributed by atoms with van der Waals surface area (Å²) in [7, 11) is 0. The van der Waals surface area contributed by atoms with Crippen LogP contribution in [0.4, 0.5) is 0 Å². The third-order valence-corrected chi connectivity index (χ3v) is 1.21. The SMILES string of the molecule is C=CC=C(C(=O)O)C(C#N)=CC. The molecule has 0 unspecified atom stereocenters. The summed E-state index contributed by atoms with van der Waals surface area (Å²) in [5, 5.41) is 17.1. The summed E-state index contributed by atoms with van der Waals surface area (Å²) in [5.74, 6) is -1.12. The molecule has 0 amide bonds. The van der Waals surface area contributed by atoms with Crippen LogP contribution in [0.3, 0.4) is 0 Å². The maximum Gasteiger partial charge on any atom is 0.337 e. The van der Waals surface area contributed by atoms with E-state index in [2.05, 4.69) is 6.58 Å². The van der Waals surface area contributed by atoms with Crippen LogP contribution in [0.5, 0.6) is 0 Å². The van der Waals surface area contributed by atoms with Crippen molar-refractivity contribution in [2.75, 3.05) is 0 Å². The summed E-state index contributed by atoms with van der Waals surface area (Å²) in [5.41, 5.74) is 0.109. The van der Waals surface area contributed by atoms with Crippen molar-refractivity contribution in [1.29, 1.82) is 5.26 Å². The molecule has 0 aliphatic heterocycles. The zero-order chi connectivity index (χ0) is 9.56. The van der Waals surface area contributed by atoms with Crippen LogP contribution in [0, 0.1) is 11.3 Å². The summed E-state index contributed by atoms with van der Waals surface area (Å²) in [4.78, 5) is 10.5. The minimum Gasteiger partial charge on any atom is -0.478 e. The number of hydrogen-bond donors (Lipinski definition) is 1. The maximum atomic E-state index is 10.5. The molecule has 0 fully saturated rings. The Balaban J connectivity index is 5.03. The molecule has 3 nitrogen and oxygen atoms in total. The lowest BCUT2D eigenvalue weighted by Gasteiger charge is -1.96. The van der Waals surface area contributed by atoms with Gasteiger partial charge >= 0.3 is 5.97 Å². The Kier molecular flexibility index (Phi) is 4.17. The topological polar surface area (TPSA) is 61.1 Å². The summed E-state index contributed by atoms with van der Waals surface area (Å²) in [6.07, 6.45) is 4.08. The van der Waals surface area contributed by atoms with E-state index in [9.17, 15) is 4.79 Å². The van der Waals surface area contributed by atoms with Crippen molar-refractivity contribution in [2.45, 2.75) is 6.92 Å². The number of nitrogens with zero attached hydrogens (tertiary/aromatic N) is 1. The molecule has 0 atom stereocenters. The van der Waals surface area contributed by atoms with Gasteiger partial charge in [0, 0.05) is 0 Å². The quantitative estimate of drug-likeness (QED) is 0.391. The number of carboxylic acid groups (broad SMARTS) is 1. The first kappa shape index (κ1) is 10.2. The van der Waals surface area contributed by atoms with Crippen LogP contribution in [-0.2, 0) is 4.79 Å². The molecule has 0 bridgehead atoms. The van der Waals surface area contributed by atoms with E-state index >= 15 is 0 Å². The van der Waals surface area contributed by atoms with E-state index in [1.165, 1.54) is 18.2 Å². The highest BCUT2D eigenvalue weighted by molar-refractivity contribution is 5.93. The number of rotatable bonds is 3. The van der Waals surface area contributed by atoms with Crippen LogP contribution in [-0.4, -0.2) is 11.1 Å². The third-order valence-electron chi connectivity index (χ3n) is 1.21. The molecule has 62 valence electrons. The number of hydrogen-bond acceptors (Lipinski definition) is 2. The van der Waals surface area contributed by atoms with Crippen LogP contribution in [0.15, 0.2) is 36.0 Å². The van der Waals surface area contributed by atoms with Gasteiger partial charge in [-0.1, -0.05) is 18.7 Å². The Morgan fingerprint density at radius 3 is 2.50 bits per heavy atom. The lowest BCUT2D eigenvalue weighted by Crippen LogP contribution is -2.02. The molecular weight excluding hydrogens is 154 g/mol. The van der Waals surface area contributed by atoms with Crippen molar-refractivity contribution < 1.29 is 9.90 Å². The number of carbonyl (C=O) groups is 1. The average Bonchev–Trinajstić information content (AvgIpc) is 2.05. The lowest BCUT2D eigenvalue weighted by molar-refractivity contribution is -0.132. The van der Waals surface area contributed by atoms with Gasteiger partial charge in [-0.05, 0) is 13.0 Å². The second-order valence-electron chi connectivity index (χ2n) is 1.94. The molecule has 3 heteroatoms. The first-order valence-corrected chi connectivity index (χ1v) is 3.30.